The second-order valence-corrected chi connectivity index (χ2v) is 4.19. The number of phenolic OH excluding ortho intramolecular Hbond substituents is 2. The summed E-state index contributed by atoms with van der Waals surface area (Å²) in [4.78, 5) is 24.8. The van der Waals surface area contributed by atoms with Gasteiger partial charge in [-0.3, -0.25) is 14.5 Å². The molecule has 96 valence electrons. The van der Waals surface area contributed by atoms with Crippen molar-refractivity contribution in [3.63, 3.8) is 0 Å². The molecular weight excluding hydrogens is 236 g/mol. The zero-order chi connectivity index (χ0) is 13.1. The van der Waals surface area contributed by atoms with Crippen molar-refractivity contribution in [3.05, 3.63) is 23.8 Å². The lowest BCUT2D eigenvalue weighted by Crippen LogP contribution is -2.49. The highest BCUT2D eigenvalue weighted by atomic mass is 16.3. The Morgan fingerprint density at radius 3 is 2.83 bits per heavy atom. The monoisotopic (exact) mass is 250 g/mol. The summed E-state index contributed by atoms with van der Waals surface area (Å²) in [6.07, 6.45) is 0. The van der Waals surface area contributed by atoms with Crippen LogP contribution in [0.3, 0.4) is 0 Å². The van der Waals surface area contributed by atoms with E-state index in [1.54, 1.807) is 4.90 Å². The molecule has 18 heavy (non-hydrogen) atoms. The van der Waals surface area contributed by atoms with Crippen LogP contribution in [0, 0.1) is 0 Å². The number of nitrogens with zero attached hydrogens (tertiary/aromatic N) is 1. The van der Waals surface area contributed by atoms with Gasteiger partial charge in [0.1, 0.15) is 11.5 Å². The molecule has 6 nitrogen and oxygen atoms in total. The standard InChI is InChI=1S/C12H14N2O4/c15-8-1-2-9(10(16)5-8)11(17)6-14-4-3-13-12(18)7-14/h1-2,5,15-16H,3-4,6-7H2,(H,13,18). The molecule has 3 N–H and O–H groups in total. The number of carbonyl (C=O) groups is 2. The lowest BCUT2D eigenvalue weighted by Gasteiger charge is -2.25. The predicted molar refractivity (Wildman–Crippen MR) is 63.6 cm³/mol. The van der Waals surface area contributed by atoms with Crippen molar-refractivity contribution in [2.75, 3.05) is 26.2 Å². The minimum absolute atomic E-state index is 0.0752. The van der Waals surface area contributed by atoms with Crippen LogP contribution in [0.15, 0.2) is 18.2 Å². The smallest absolute Gasteiger partial charge is 0.234 e. The van der Waals surface area contributed by atoms with Crippen LogP contribution in [0.1, 0.15) is 10.4 Å². The molecule has 0 atom stereocenters. The number of aromatic hydroxyl groups is 2. The maximum atomic E-state index is 11.9. The Morgan fingerprint density at radius 2 is 2.17 bits per heavy atom. The van der Waals surface area contributed by atoms with Crippen molar-refractivity contribution >= 4 is 11.7 Å². The van der Waals surface area contributed by atoms with Crippen LogP contribution in [0.5, 0.6) is 11.5 Å². The van der Waals surface area contributed by atoms with E-state index in [0.717, 1.165) is 6.07 Å². The van der Waals surface area contributed by atoms with E-state index in [0.29, 0.717) is 13.1 Å². The Labute approximate surface area is 104 Å². The number of Topliss-reactive ketones (excluding diaryl/α,β-unsaturated/α-hetero) is 1. The molecule has 1 heterocycles. The molecule has 0 radical (unpaired) electrons. The minimum atomic E-state index is -0.276. The molecule has 2 rings (SSSR count). The van der Waals surface area contributed by atoms with Crippen molar-refractivity contribution in [1.82, 2.24) is 10.2 Å². The molecule has 1 saturated heterocycles. The van der Waals surface area contributed by atoms with Gasteiger partial charge in [-0.2, -0.15) is 0 Å². The summed E-state index contributed by atoms with van der Waals surface area (Å²) in [5, 5.41) is 21.4. The largest absolute Gasteiger partial charge is 0.508 e. The molecular formula is C12H14N2O4. The number of rotatable bonds is 3. The van der Waals surface area contributed by atoms with E-state index in [1.807, 2.05) is 0 Å². The summed E-state index contributed by atoms with van der Waals surface area (Å²) >= 11 is 0. The Hall–Kier alpha value is -2.08. The number of amides is 1. The molecule has 1 aromatic carbocycles. The molecule has 6 heteroatoms. The van der Waals surface area contributed by atoms with Crippen LogP contribution < -0.4 is 5.32 Å². The van der Waals surface area contributed by atoms with E-state index in [9.17, 15) is 14.7 Å². The van der Waals surface area contributed by atoms with E-state index < -0.39 is 0 Å². The van der Waals surface area contributed by atoms with Crippen molar-refractivity contribution in [2.45, 2.75) is 0 Å². The number of hydrogen-bond acceptors (Lipinski definition) is 5. The fraction of sp³-hybridized carbons (Fsp3) is 0.333. The van der Waals surface area contributed by atoms with Gasteiger partial charge in [0.05, 0.1) is 18.7 Å². The van der Waals surface area contributed by atoms with Crippen molar-refractivity contribution in [3.8, 4) is 11.5 Å². The molecule has 1 amide bonds. The first-order chi connectivity index (χ1) is 8.56. The summed E-state index contributed by atoms with van der Waals surface area (Å²) in [6, 6.07) is 3.84. The van der Waals surface area contributed by atoms with Crippen LogP contribution in [0.4, 0.5) is 0 Å². The zero-order valence-electron chi connectivity index (χ0n) is 9.72. The van der Waals surface area contributed by atoms with Crippen LogP contribution in [0.25, 0.3) is 0 Å². The normalized spacial score (nSPS) is 16.3. The number of ketones is 1. The Bertz CT molecular complexity index is 487. The molecule has 0 aliphatic carbocycles. The lowest BCUT2D eigenvalue weighted by molar-refractivity contribution is -0.123. The molecule has 0 saturated carbocycles. The third-order valence-corrected chi connectivity index (χ3v) is 2.77. The first kappa shape index (κ1) is 12.4. The first-order valence-electron chi connectivity index (χ1n) is 5.60. The van der Waals surface area contributed by atoms with Gasteiger partial charge in [-0.05, 0) is 12.1 Å². The van der Waals surface area contributed by atoms with Crippen LogP contribution in [0.2, 0.25) is 0 Å². The predicted octanol–water partition coefficient (Wildman–Crippen LogP) is -0.288. The third kappa shape index (κ3) is 2.78. The van der Waals surface area contributed by atoms with Crippen molar-refractivity contribution in [1.29, 1.82) is 0 Å². The van der Waals surface area contributed by atoms with Gasteiger partial charge in [0.2, 0.25) is 5.91 Å². The number of piperazine rings is 1. The lowest BCUT2D eigenvalue weighted by atomic mass is 10.1. The van der Waals surface area contributed by atoms with E-state index >= 15 is 0 Å². The van der Waals surface area contributed by atoms with Gasteiger partial charge in [0, 0.05) is 19.2 Å². The van der Waals surface area contributed by atoms with Gasteiger partial charge in [0.15, 0.2) is 5.78 Å². The summed E-state index contributed by atoms with van der Waals surface area (Å²) in [7, 11) is 0. The second kappa shape index (κ2) is 5.05. The number of carbonyl (C=O) groups excluding carboxylic acids is 2. The maximum Gasteiger partial charge on any atom is 0.234 e. The molecule has 0 aromatic heterocycles. The SMILES string of the molecule is O=C1CN(CC(=O)c2ccc(O)cc2O)CCN1. The van der Waals surface area contributed by atoms with Crippen molar-refractivity contribution < 1.29 is 19.8 Å². The molecule has 0 bridgehead atoms. The van der Waals surface area contributed by atoms with Gasteiger partial charge >= 0.3 is 0 Å². The van der Waals surface area contributed by atoms with Gasteiger partial charge in [-0.1, -0.05) is 0 Å². The topological polar surface area (TPSA) is 89.9 Å². The molecule has 1 aromatic rings. The highest BCUT2D eigenvalue weighted by Gasteiger charge is 2.20. The van der Waals surface area contributed by atoms with Crippen molar-refractivity contribution in [2.24, 2.45) is 0 Å². The molecule has 0 spiro atoms. The number of phenols is 2. The van der Waals surface area contributed by atoms with E-state index in [1.165, 1.54) is 12.1 Å². The fourth-order valence-corrected chi connectivity index (χ4v) is 1.87. The summed E-state index contributed by atoms with van der Waals surface area (Å²) in [5.41, 5.74) is 0.152. The average molecular weight is 250 g/mol. The van der Waals surface area contributed by atoms with E-state index in [2.05, 4.69) is 5.32 Å². The van der Waals surface area contributed by atoms with Crippen LogP contribution in [-0.4, -0.2) is 53.0 Å². The minimum Gasteiger partial charge on any atom is -0.508 e. The number of benzene rings is 1. The van der Waals surface area contributed by atoms with Crippen LogP contribution in [-0.2, 0) is 4.79 Å². The summed E-state index contributed by atoms with van der Waals surface area (Å²) < 4.78 is 0. The molecule has 0 unspecified atom stereocenters. The van der Waals surface area contributed by atoms with Gasteiger partial charge in [-0.25, -0.2) is 0 Å². The average Bonchev–Trinajstić information content (AvgIpc) is 2.28. The second-order valence-electron chi connectivity index (χ2n) is 4.19. The zero-order valence-corrected chi connectivity index (χ0v) is 9.72. The number of hydrogen-bond donors (Lipinski definition) is 3. The first-order valence-corrected chi connectivity index (χ1v) is 5.60. The maximum absolute atomic E-state index is 11.9. The molecule has 1 fully saturated rings. The van der Waals surface area contributed by atoms with E-state index in [-0.39, 0.29) is 41.8 Å². The highest BCUT2D eigenvalue weighted by molar-refractivity contribution is 6.00. The quantitative estimate of drug-likeness (QED) is 0.641. The van der Waals surface area contributed by atoms with Gasteiger partial charge in [0.25, 0.3) is 0 Å². The summed E-state index contributed by atoms with van der Waals surface area (Å²) in [5.74, 6) is -0.728. The number of nitrogens with one attached hydrogen (secondary N) is 1. The Balaban J connectivity index is 2.05. The summed E-state index contributed by atoms with van der Waals surface area (Å²) in [6.45, 7) is 1.39. The fourth-order valence-electron chi connectivity index (χ4n) is 1.87. The van der Waals surface area contributed by atoms with Gasteiger partial charge < -0.3 is 15.5 Å². The third-order valence-electron chi connectivity index (χ3n) is 2.77. The Morgan fingerprint density at radius 1 is 1.39 bits per heavy atom. The van der Waals surface area contributed by atoms with Crippen LogP contribution >= 0.6 is 0 Å². The highest BCUT2D eigenvalue weighted by Crippen LogP contribution is 2.23. The van der Waals surface area contributed by atoms with Gasteiger partial charge in [-0.15, -0.1) is 0 Å². The van der Waals surface area contributed by atoms with E-state index in [4.69, 9.17) is 5.11 Å². The molecule has 1 aliphatic heterocycles. The Kier molecular flexibility index (Phi) is 3.47. The molecule has 1 aliphatic rings.